The van der Waals surface area contributed by atoms with Crippen molar-refractivity contribution in [2.45, 2.75) is 19.8 Å². The normalized spacial score (nSPS) is 10.5. The lowest BCUT2D eigenvalue weighted by Crippen LogP contribution is -2.19. The largest absolute Gasteiger partial charge is 0.323 e. The molecule has 0 bridgehead atoms. The number of rotatable bonds is 3. The SMILES string of the molecule is CC(C)c1ccc(NC(=O)Nc2ccc(F)c(Cl)c2)cc1. The van der Waals surface area contributed by atoms with Crippen LogP contribution in [0.15, 0.2) is 42.5 Å². The Kier molecular flexibility index (Phi) is 4.81. The van der Waals surface area contributed by atoms with Gasteiger partial charge in [0.1, 0.15) is 5.82 Å². The van der Waals surface area contributed by atoms with Gasteiger partial charge in [0.25, 0.3) is 0 Å². The van der Waals surface area contributed by atoms with Crippen LogP contribution in [0.2, 0.25) is 5.02 Å². The average Bonchev–Trinajstić information content (AvgIpc) is 2.43. The highest BCUT2D eigenvalue weighted by molar-refractivity contribution is 6.31. The fourth-order valence-electron chi connectivity index (χ4n) is 1.82. The van der Waals surface area contributed by atoms with Crippen LogP contribution in [0.4, 0.5) is 20.6 Å². The Morgan fingerprint density at radius 2 is 1.62 bits per heavy atom. The van der Waals surface area contributed by atoms with E-state index < -0.39 is 11.8 Å². The molecule has 2 rings (SSSR count). The van der Waals surface area contributed by atoms with Crippen molar-refractivity contribution in [1.29, 1.82) is 0 Å². The second kappa shape index (κ2) is 6.59. The molecule has 2 aromatic rings. The number of urea groups is 1. The lowest BCUT2D eigenvalue weighted by atomic mass is 10.0. The van der Waals surface area contributed by atoms with Gasteiger partial charge in [0, 0.05) is 11.4 Å². The quantitative estimate of drug-likeness (QED) is 0.799. The molecule has 0 radical (unpaired) electrons. The predicted molar refractivity (Wildman–Crippen MR) is 84.6 cm³/mol. The molecular weight excluding hydrogens is 291 g/mol. The van der Waals surface area contributed by atoms with E-state index in [0.717, 1.165) is 0 Å². The van der Waals surface area contributed by atoms with E-state index in [9.17, 15) is 9.18 Å². The lowest BCUT2D eigenvalue weighted by molar-refractivity contribution is 0.262. The summed E-state index contributed by atoms with van der Waals surface area (Å²) >= 11 is 5.66. The molecule has 0 saturated heterocycles. The summed E-state index contributed by atoms with van der Waals surface area (Å²) in [6.45, 7) is 4.21. The molecule has 21 heavy (non-hydrogen) atoms. The van der Waals surface area contributed by atoms with Crippen LogP contribution >= 0.6 is 11.6 Å². The van der Waals surface area contributed by atoms with Gasteiger partial charge in [0.15, 0.2) is 0 Å². The molecule has 0 saturated carbocycles. The van der Waals surface area contributed by atoms with Gasteiger partial charge in [0.2, 0.25) is 0 Å². The van der Waals surface area contributed by atoms with Gasteiger partial charge in [0.05, 0.1) is 5.02 Å². The minimum atomic E-state index is -0.521. The molecule has 0 fully saturated rings. The highest BCUT2D eigenvalue weighted by Gasteiger charge is 2.06. The van der Waals surface area contributed by atoms with Crippen molar-refractivity contribution in [2.24, 2.45) is 0 Å². The van der Waals surface area contributed by atoms with Gasteiger partial charge in [-0.05, 0) is 41.8 Å². The van der Waals surface area contributed by atoms with Crippen molar-refractivity contribution >= 4 is 29.0 Å². The maximum Gasteiger partial charge on any atom is 0.323 e. The number of nitrogens with one attached hydrogen (secondary N) is 2. The van der Waals surface area contributed by atoms with Gasteiger partial charge >= 0.3 is 6.03 Å². The number of halogens is 2. The molecule has 0 unspecified atom stereocenters. The Hall–Kier alpha value is -2.07. The van der Waals surface area contributed by atoms with Crippen LogP contribution in [0.25, 0.3) is 0 Å². The highest BCUT2D eigenvalue weighted by Crippen LogP contribution is 2.20. The summed E-state index contributed by atoms with van der Waals surface area (Å²) in [5.74, 6) is -0.0823. The molecule has 0 aliphatic rings. The number of anilines is 2. The Morgan fingerprint density at radius 3 is 2.19 bits per heavy atom. The Balaban J connectivity index is 1.99. The van der Waals surface area contributed by atoms with Gasteiger partial charge in [-0.15, -0.1) is 0 Å². The van der Waals surface area contributed by atoms with Crippen molar-refractivity contribution in [2.75, 3.05) is 10.6 Å². The maximum absolute atomic E-state index is 13.0. The van der Waals surface area contributed by atoms with E-state index in [0.29, 0.717) is 17.3 Å². The summed E-state index contributed by atoms with van der Waals surface area (Å²) in [5.41, 5.74) is 2.31. The van der Waals surface area contributed by atoms with E-state index in [4.69, 9.17) is 11.6 Å². The molecule has 2 aromatic carbocycles. The van der Waals surface area contributed by atoms with Crippen molar-refractivity contribution in [1.82, 2.24) is 0 Å². The maximum atomic E-state index is 13.0. The molecule has 0 heterocycles. The predicted octanol–water partition coefficient (Wildman–Crippen LogP) is 5.25. The molecule has 110 valence electrons. The van der Waals surface area contributed by atoms with Gasteiger partial charge in [-0.2, -0.15) is 0 Å². The van der Waals surface area contributed by atoms with Crippen molar-refractivity contribution in [3.8, 4) is 0 Å². The summed E-state index contributed by atoms with van der Waals surface area (Å²) in [6, 6.07) is 11.2. The molecule has 2 amide bonds. The first-order chi connectivity index (χ1) is 9.95. The second-order valence-corrected chi connectivity index (χ2v) is 5.39. The number of carbonyl (C=O) groups excluding carboxylic acids is 1. The van der Waals surface area contributed by atoms with E-state index in [-0.39, 0.29) is 5.02 Å². The summed E-state index contributed by atoms with van der Waals surface area (Å²) < 4.78 is 13.0. The molecule has 0 aliphatic heterocycles. The van der Waals surface area contributed by atoms with E-state index in [1.807, 2.05) is 24.3 Å². The van der Waals surface area contributed by atoms with Gasteiger partial charge in [-0.1, -0.05) is 37.6 Å². The third-order valence-electron chi connectivity index (χ3n) is 3.01. The number of hydrogen-bond acceptors (Lipinski definition) is 1. The third-order valence-corrected chi connectivity index (χ3v) is 3.30. The summed E-state index contributed by atoms with van der Waals surface area (Å²) in [7, 11) is 0. The zero-order valence-electron chi connectivity index (χ0n) is 11.8. The van der Waals surface area contributed by atoms with Crippen LogP contribution in [0.5, 0.6) is 0 Å². The van der Waals surface area contributed by atoms with Crippen molar-refractivity contribution in [3.05, 3.63) is 58.9 Å². The van der Waals surface area contributed by atoms with Gasteiger partial charge in [-0.25, -0.2) is 9.18 Å². The fourth-order valence-corrected chi connectivity index (χ4v) is 2.00. The summed E-state index contributed by atoms with van der Waals surface area (Å²) in [5, 5.41) is 5.27. The Bertz CT molecular complexity index is 641. The topological polar surface area (TPSA) is 41.1 Å². The van der Waals surface area contributed by atoms with Crippen LogP contribution in [-0.2, 0) is 0 Å². The highest BCUT2D eigenvalue weighted by atomic mass is 35.5. The number of benzene rings is 2. The zero-order chi connectivity index (χ0) is 15.4. The van der Waals surface area contributed by atoms with Gasteiger partial charge in [-0.3, -0.25) is 0 Å². The minimum Gasteiger partial charge on any atom is -0.308 e. The van der Waals surface area contributed by atoms with Crippen LogP contribution < -0.4 is 10.6 Å². The minimum absolute atomic E-state index is 0.0333. The van der Waals surface area contributed by atoms with Crippen molar-refractivity contribution < 1.29 is 9.18 Å². The van der Waals surface area contributed by atoms with Crippen LogP contribution in [-0.4, -0.2) is 6.03 Å². The molecule has 0 aromatic heterocycles. The molecule has 0 spiro atoms. The number of amides is 2. The van der Waals surface area contributed by atoms with E-state index >= 15 is 0 Å². The number of hydrogen-bond donors (Lipinski definition) is 2. The van der Waals surface area contributed by atoms with Crippen LogP contribution in [0.1, 0.15) is 25.3 Å². The number of carbonyl (C=O) groups is 1. The summed E-state index contributed by atoms with van der Waals surface area (Å²) in [6.07, 6.45) is 0. The zero-order valence-corrected chi connectivity index (χ0v) is 12.5. The Morgan fingerprint density at radius 1 is 1.05 bits per heavy atom. The lowest BCUT2D eigenvalue weighted by Gasteiger charge is -2.10. The molecule has 5 heteroatoms. The van der Waals surface area contributed by atoms with Crippen LogP contribution in [0, 0.1) is 5.82 Å². The van der Waals surface area contributed by atoms with Gasteiger partial charge < -0.3 is 10.6 Å². The van der Waals surface area contributed by atoms with Crippen molar-refractivity contribution in [3.63, 3.8) is 0 Å². The average molecular weight is 307 g/mol. The van der Waals surface area contributed by atoms with Crippen LogP contribution in [0.3, 0.4) is 0 Å². The summed E-state index contributed by atoms with van der Waals surface area (Å²) in [4.78, 5) is 11.8. The molecule has 2 N–H and O–H groups in total. The molecule has 0 aliphatic carbocycles. The smallest absolute Gasteiger partial charge is 0.308 e. The fraction of sp³-hybridized carbons (Fsp3) is 0.188. The third kappa shape index (κ3) is 4.20. The second-order valence-electron chi connectivity index (χ2n) is 4.98. The van der Waals surface area contributed by atoms with E-state index in [2.05, 4.69) is 24.5 Å². The monoisotopic (exact) mass is 306 g/mol. The Labute approximate surface area is 128 Å². The molecular formula is C16H16ClFN2O. The first-order valence-corrected chi connectivity index (χ1v) is 6.96. The first kappa shape index (κ1) is 15.3. The van der Waals surface area contributed by atoms with E-state index in [1.165, 1.54) is 23.8 Å². The molecule has 0 atom stereocenters. The first-order valence-electron chi connectivity index (χ1n) is 6.58. The standard InChI is InChI=1S/C16H16ClFN2O/c1-10(2)11-3-5-12(6-4-11)19-16(21)20-13-7-8-15(18)14(17)9-13/h3-10H,1-2H3,(H2,19,20,21). The van der Waals surface area contributed by atoms with E-state index in [1.54, 1.807) is 0 Å². The molecule has 3 nitrogen and oxygen atoms in total.